The molecule has 0 saturated carbocycles. The molecule has 2 rings (SSSR count). The highest BCUT2D eigenvalue weighted by Gasteiger charge is 2.04. The first-order valence-corrected chi connectivity index (χ1v) is 6.38. The van der Waals surface area contributed by atoms with E-state index in [2.05, 4.69) is 17.1 Å². The Balaban J connectivity index is 0.00000144. The molecule has 0 saturated heterocycles. The average Bonchev–Trinajstić information content (AvgIpc) is 2.74. The summed E-state index contributed by atoms with van der Waals surface area (Å²) in [5.74, 6) is 1.84. The number of thiocarbonyl (C=S) groups is 1. The highest BCUT2D eigenvalue weighted by molar-refractivity contribution is 8.22. The van der Waals surface area contributed by atoms with Crippen LogP contribution in [0.4, 0.5) is 0 Å². The van der Waals surface area contributed by atoms with Gasteiger partial charge in [-0.1, -0.05) is 54.3 Å². The van der Waals surface area contributed by atoms with Crippen molar-refractivity contribution in [1.29, 1.82) is 0 Å². The van der Waals surface area contributed by atoms with Crippen LogP contribution in [0.15, 0.2) is 42.7 Å². The fraction of sp³-hybridized carbons (Fsp3) is 0.167. The van der Waals surface area contributed by atoms with Crippen LogP contribution in [0.1, 0.15) is 11.4 Å². The van der Waals surface area contributed by atoms with Crippen LogP contribution in [-0.2, 0) is 5.75 Å². The van der Waals surface area contributed by atoms with Gasteiger partial charge in [0.25, 0.3) is 0 Å². The summed E-state index contributed by atoms with van der Waals surface area (Å²) in [6.07, 6.45) is 3.67. The summed E-state index contributed by atoms with van der Waals surface area (Å²) >= 11 is 7.00. The number of hydrogen-bond acceptors (Lipinski definition) is 3. The second-order valence-corrected chi connectivity index (χ2v) is 4.99. The summed E-state index contributed by atoms with van der Waals surface area (Å²) in [5, 5.41) is 0. The lowest BCUT2D eigenvalue weighted by Gasteiger charge is -2.06. The summed E-state index contributed by atoms with van der Waals surface area (Å²) in [6.45, 7) is 1.95. The van der Waals surface area contributed by atoms with Crippen molar-refractivity contribution in [1.82, 2.24) is 9.55 Å². The lowest BCUT2D eigenvalue weighted by Crippen LogP contribution is -2.05. The lowest BCUT2D eigenvalue weighted by atomic mass is 10.2. The van der Waals surface area contributed by atoms with Crippen molar-refractivity contribution in [2.75, 3.05) is 0 Å². The fourth-order valence-electron chi connectivity index (χ4n) is 1.36. The number of imidazole rings is 1. The lowest BCUT2D eigenvalue weighted by molar-refractivity contribution is 1.06. The van der Waals surface area contributed by atoms with Crippen molar-refractivity contribution in [3.05, 3.63) is 54.1 Å². The van der Waals surface area contributed by atoms with Gasteiger partial charge in [-0.3, -0.25) is 4.57 Å². The van der Waals surface area contributed by atoms with Crippen LogP contribution in [0, 0.1) is 6.92 Å². The van der Waals surface area contributed by atoms with Crippen molar-refractivity contribution in [2.24, 2.45) is 0 Å². The largest absolute Gasteiger partial charge is 0.289 e. The molecule has 0 N–H and O–H groups in total. The Bertz CT molecular complexity index is 482. The number of rotatable bonds is 2. The third-order valence-electron chi connectivity index (χ3n) is 2.23. The standard InChI is InChI=1S/C12H12N2S2.ClH/c1-10-13-7-8-14(10)12(15)16-9-11-5-3-2-4-6-11;/h2-8H,9H2,1H3;1H. The van der Waals surface area contributed by atoms with Gasteiger partial charge in [-0.2, -0.15) is 0 Å². The summed E-state index contributed by atoms with van der Waals surface area (Å²) in [5.41, 5.74) is 1.28. The first kappa shape index (κ1) is 14.2. The van der Waals surface area contributed by atoms with E-state index in [-0.39, 0.29) is 12.4 Å². The Kier molecular flexibility index (Phi) is 5.68. The van der Waals surface area contributed by atoms with Crippen molar-refractivity contribution in [2.45, 2.75) is 12.7 Å². The molecular weight excluding hydrogens is 272 g/mol. The van der Waals surface area contributed by atoms with E-state index in [4.69, 9.17) is 12.2 Å². The van der Waals surface area contributed by atoms with E-state index >= 15 is 0 Å². The number of halogens is 1. The SMILES string of the molecule is Cc1nccn1C(=S)SCc1ccccc1.Cl. The summed E-state index contributed by atoms with van der Waals surface area (Å²) in [4.78, 5) is 4.15. The summed E-state index contributed by atoms with van der Waals surface area (Å²) < 4.78 is 2.78. The van der Waals surface area contributed by atoms with Gasteiger partial charge in [0.2, 0.25) is 0 Å². The van der Waals surface area contributed by atoms with Crippen molar-refractivity contribution < 1.29 is 0 Å². The van der Waals surface area contributed by atoms with E-state index in [1.165, 1.54) is 5.56 Å². The molecule has 0 aliphatic carbocycles. The monoisotopic (exact) mass is 284 g/mol. The molecule has 0 amide bonds. The molecule has 0 aliphatic heterocycles. The van der Waals surface area contributed by atoms with Crippen LogP contribution in [0.5, 0.6) is 0 Å². The van der Waals surface area contributed by atoms with Crippen LogP contribution in [-0.4, -0.2) is 13.9 Å². The van der Waals surface area contributed by atoms with Gasteiger partial charge in [0.05, 0.1) is 0 Å². The van der Waals surface area contributed by atoms with Crippen LogP contribution in [0.25, 0.3) is 0 Å². The summed E-state index contributed by atoms with van der Waals surface area (Å²) in [6, 6.07) is 10.3. The van der Waals surface area contributed by atoms with Gasteiger partial charge in [0, 0.05) is 18.1 Å². The van der Waals surface area contributed by atoms with E-state index in [9.17, 15) is 0 Å². The first-order chi connectivity index (χ1) is 7.77. The molecule has 90 valence electrons. The van der Waals surface area contributed by atoms with Gasteiger partial charge in [0.15, 0.2) is 0 Å². The molecule has 0 spiro atoms. The Morgan fingerprint density at radius 3 is 2.65 bits per heavy atom. The van der Waals surface area contributed by atoms with E-state index < -0.39 is 0 Å². The van der Waals surface area contributed by atoms with Crippen LogP contribution in [0.3, 0.4) is 0 Å². The van der Waals surface area contributed by atoms with Crippen molar-refractivity contribution in [3.63, 3.8) is 0 Å². The Labute approximate surface area is 117 Å². The van der Waals surface area contributed by atoms with Gasteiger partial charge in [-0.05, 0) is 12.5 Å². The minimum absolute atomic E-state index is 0. The molecule has 5 heteroatoms. The number of aromatic nitrogens is 2. The maximum absolute atomic E-state index is 5.35. The van der Waals surface area contributed by atoms with E-state index in [0.29, 0.717) is 0 Å². The molecule has 0 atom stereocenters. The number of aryl methyl sites for hydroxylation is 1. The van der Waals surface area contributed by atoms with Crippen molar-refractivity contribution in [3.8, 4) is 0 Å². The van der Waals surface area contributed by atoms with Crippen LogP contribution >= 0.6 is 36.4 Å². The quantitative estimate of drug-likeness (QED) is 0.784. The maximum atomic E-state index is 5.35. The second kappa shape index (κ2) is 6.79. The highest BCUT2D eigenvalue weighted by Crippen LogP contribution is 2.15. The molecule has 0 radical (unpaired) electrons. The number of hydrogen-bond donors (Lipinski definition) is 0. The molecular formula is C12H13ClN2S2. The molecule has 17 heavy (non-hydrogen) atoms. The highest BCUT2D eigenvalue weighted by atomic mass is 35.5. The van der Waals surface area contributed by atoms with Gasteiger partial charge in [-0.15, -0.1) is 12.4 Å². The minimum Gasteiger partial charge on any atom is -0.289 e. The first-order valence-electron chi connectivity index (χ1n) is 4.98. The Hall–Kier alpha value is -0.840. The van der Waals surface area contributed by atoms with E-state index in [1.54, 1.807) is 18.0 Å². The minimum atomic E-state index is 0. The number of thioether (sulfide) groups is 1. The predicted molar refractivity (Wildman–Crippen MR) is 79.9 cm³/mol. The molecule has 0 fully saturated rings. The fourth-order valence-corrected chi connectivity index (χ4v) is 2.54. The van der Waals surface area contributed by atoms with Crippen LogP contribution in [0.2, 0.25) is 0 Å². The number of nitrogens with zero attached hydrogens (tertiary/aromatic N) is 2. The topological polar surface area (TPSA) is 17.8 Å². The normalized spacial score (nSPS) is 9.71. The molecule has 0 unspecified atom stereocenters. The molecule has 1 aromatic heterocycles. The Morgan fingerprint density at radius 1 is 1.35 bits per heavy atom. The molecule has 0 aliphatic rings. The third-order valence-corrected chi connectivity index (χ3v) is 3.70. The molecule has 0 bridgehead atoms. The zero-order chi connectivity index (χ0) is 11.4. The van der Waals surface area contributed by atoms with Gasteiger partial charge in [-0.25, -0.2) is 4.98 Å². The average molecular weight is 285 g/mol. The smallest absolute Gasteiger partial charge is 0.146 e. The van der Waals surface area contributed by atoms with E-state index in [1.807, 2.05) is 35.9 Å². The molecule has 1 heterocycles. The zero-order valence-corrected chi connectivity index (χ0v) is 11.8. The second-order valence-electron chi connectivity index (χ2n) is 3.38. The van der Waals surface area contributed by atoms with Gasteiger partial charge >= 0.3 is 0 Å². The molecule has 1 aromatic carbocycles. The van der Waals surface area contributed by atoms with E-state index in [0.717, 1.165) is 15.9 Å². The van der Waals surface area contributed by atoms with Crippen molar-refractivity contribution >= 4 is 40.7 Å². The predicted octanol–water partition coefficient (Wildman–Crippen LogP) is 3.68. The van der Waals surface area contributed by atoms with Crippen LogP contribution < -0.4 is 0 Å². The summed E-state index contributed by atoms with van der Waals surface area (Å²) in [7, 11) is 0. The zero-order valence-electron chi connectivity index (χ0n) is 9.37. The maximum Gasteiger partial charge on any atom is 0.146 e. The number of benzene rings is 1. The Morgan fingerprint density at radius 2 is 2.06 bits per heavy atom. The molecule has 2 nitrogen and oxygen atoms in total. The third kappa shape index (κ3) is 3.84. The molecule has 2 aromatic rings. The van der Waals surface area contributed by atoms with Gasteiger partial charge in [0.1, 0.15) is 10.1 Å². The van der Waals surface area contributed by atoms with Gasteiger partial charge < -0.3 is 0 Å².